The summed E-state index contributed by atoms with van der Waals surface area (Å²) >= 11 is 0. The highest BCUT2D eigenvalue weighted by Crippen LogP contribution is 1.81. The van der Waals surface area contributed by atoms with Gasteiger partial charge in [0.1, 0.15) is 0 Å². The zero-order chi connectivity index (χ0) is 11.9. The molecule has 0 bridgehead atoms. The first-order valence-electron chi connectivity index (χ1n) is 5.30. The Hall–Kier alpha value is -0.850. The summed E-state index contributed by atoms with van der Waals surface area (Å²) in [6, 6.07) is 0. The summed E-state index contributed by atoms with van der Waals surface area (Å²) < 4.78 is 15.6. The van der Waals surface area contributed by atoms with Crippen molar-refractivity contribution in [2.45, 2.75) is 0 Å². The fourth-order valence-corrected chi connectivity index (χ4v) is 0.866. The Kier molecular flexibility index (Phi) is 13.4. The Bertz CT molecular complexity index is 186. The van der Waals surface area contributed by atoms with Gasteiger partial charge in [-0.05, 0) is 12.6 Å². The molecule has 94 valence electrons. The van der Waals surface area contributed by atoms with Gasteiger partial charge in [0, 0.05) is 18.0 Å². The molecular formula is C9H20N4O3. The largest absolute Gasteiger partial charge is 0.379 e. The second kappa shape index (κ2) is 14.2. The summed E-state index contributed by atoms with van der Waals surface area (Å²) in [4.78, 5) is 2.61. The molecule has 0 heterocycles. The topological polar surface area (TPSA) is 88.5 Å². The van der Waals surface area contributed by atoms with Gasteiger partial charge in [0.25, 0.3) is 0 Å². The van der Waals surface area contributed by atoms with E-state index in [1.807, 2.05) is 7.05 Å². The van der Waals surface area contributed by atoms with Crippen LogP contribution >= 0.6 is 0 Å². The fourth-order valence-electron chi connectivity index (χ4n) is 0.866. The Morgan fingerprint density at radius 1 is 1.00 bits per heavy atom. The van der Waals surface area contributed by atoms with Gasteiger partial charge < -0.3 is 19.5 Å². The minimum atomic E-state index is 0.365. The molecule has 0 fully saturated rings. The van der Waals surface area contributed by atoms with E-state index in [2.05, 4.69) is 15.3 Å². The molecule has 0 saturated heterocycles. The second-order valence-electron chi connectivity index (χ2n) is 2.90. The molecule has 16 heavy (non-hydrogen) atoms. The van der Waals surface area contributed by atoms with Crippen molar-refractivity contribution < 1.29 is 14.2 Å². The molecule has 0 amide bonds. The van der Waals surface area contributed by atoms with E-state index >= 15 is 0 Å². The molecule has 7 heteroatoms. The summed E-state index contributed by atoms with van der Waals surface area (Å²) in [5.41, 5.74) is 7.99. The van der Waals surface area contributed by atoms with Crippen LogP contribution in [0.1, 0.15) is 0 Å². The lowest BCUT2D eigenvalue weighted by Gasteiger charge is -2.05. The third-order valence-electron chi connectivity index (χ3n) is 1.64. The number of nitrogens with one attached hydrogen (secondary N) is 1. The minimum Gasteiger partial charge on any atom is -0.379 e. The van der Waals surface area contributed by atoms with Gasteiger partial charge in [0.2, 0.25) is 0 Å². The van der Waals surface area contributed by atoms with Gasteiger partial charge in [-0.1, -0.05) is 5.11 Å². The van der Waals surface area contributed by atoms with Gasteiger partial charge in [0.15, 0.2) is 0 Å². The van der Waals surface area contributed by atoms with Crippen LogP contribution in [0, 0.1) is 0 Å². The molecule has 0 radical (unpaired) electrons. The normalized spacial score (nSPS) is 10.1. The molecule has 0 aliphatic heterocycles. The minimum absolute atomic E-state index is 0.365. The quantitative estimate of drug-likeness (QED) is 0.230. The highest BCUT2D eigenvalue weighted by molar-refractivity contribution is 4.44. The van der Waals surface area contributed by atoms with Crippen molar-refractivity contribution in [1.82, 2.24) is 5.32 Å². The molecule has 0 saturated carbocycles. The van der Waals surface area contributed by atoms with E-state index in [0.29, 0.717) is 46.2 Å². The summed E-state index contributed by atoms with van der Waals surface area (Å²) in [7, 11) is 1.88. The van der Waals surface area contributed by atoms with Gasteiger partial charge in [-0.25, -0.2) is 0 Å². The van der Waals surface area contributed by atoms with Crippen LogP contribution in [0.5, 0.6) is 0 Å². The molecule has 0 aliphatic rings. The molecule has 0 aromatic heterocycles. The predicted octanol–water partition coefficient (Wildman–Crippen LogP) is 0.566. The van der Waals surface area contributed by atoms with Crippen LogP contribution in [-0.4, -0.2) is 59.8 Å². The second-order valence-corrected chi connectivity index (χ2v) is 2.90. The van der Waals surface area contributed by atoms with E-state index in [-0.39, 0.29) is 0 Å². The monoisotopic (exact) mass is 232 g/mol. The zero-order valence-electron chi connectivity index (χ0n) is 9.72. The van der Waals surface area contributed by atoms with Crippen molar-refractivity contribution in [3.63, 3.8) is 0 Å². The molecule has 0 aromatic carbocycles. The number of ether oxygens (including phenoxy) is 3. The van der Waals surface area contributed by atoms with Gasteiger partial charge in [-0.15, -0.1) is 0 Å². The standard InChI is InChI=1S/C9H20N4O3/c1-11-2-4-14-6-8-16-9-7-15-5-3-12-13-10/h11H,2-9H2,1H3. The maximum atomic E-state index is 7.99. The van der Waals surface area contributed by atoms with Gasteiger partial charge in [-0.2, -0.15) is 0 Å². The molecule has 0 spiro atoms. The van der Waals surface area contributed by atoms with Gasteiger partial charge in [-0.3, -0.25) is 0 Å². The van der Waals surface area contributed by atoms with Gasteiger partial charge in [0.05, 0.1) is 39.6 Å². The maximum Gasteiger partial charge on any atom is 0.0701 e. The van der Waals surface area contributed by atoms with E-state index in [1.165, 1.54) is 0 Å². The molecule has 7 nitrogen and oxygen atoms in total. The number of hydrogen-bond acceptors (Lipinski definition) is 5. The summed E-state index contributed by atoms with van der Waals surface area (Å²) in [6.07, 6.45) is 0. The van der Waals surface area contributed by atoms with Crippen LogP contribution in [0.3, 0.4) is 0 Å². The van der Waals surface area contributed by atoms with Crippen molar-refractivity contribution in [2.24, 2.45) is 5.11 Å². The lowest BCUT2D eigenvalue weighted by atomic mass is 10.6. The van der Waals surface area contributed by atoms with Crippen molar-refractivity contribution in [1.29, 1.82) is 0 Å². The lowest BCUT2D eigenvalue weighted by Crippen LogP contribution is -2.16. The predicted molar refractivity (Wildman–Crippen MR) is 60.4 cm³/mol. The molecule has 0 aromatic rings. The van der Waals surface area contributed by atoms with E-state index in [9.17, 15) is 0 Å². The molecule has 0 atom stereocenters. The molecular weight excluding hydrogens is 212 g/mol. The van der Waals surface area contributed by atoms with Crippen LogP contribution in [0.4, 0.5) is 0 Å². The van der Waals surface area contributed by atoms with E-state index in [1.54, 1.807) is 0 Å². The first-order chi connectivity index (χ1) is 7.91. The fraction of sp³-hybridized carbons (Fsp3) is 1.00. The molecule has 0 unspecified atom stereocenters. The van der Waals surface area contributed by atoms with Crippen molar-refractivity contribution in [3.8, 4) is 0 Å². The highest BCUT2D eigenvalue weighted by atomic mass is 16.5. The Labute approximate surface area is 95.7 Å². The smallest absolute Gasteiger partial charge is 0.0701 e. The third-order valence-corrected chi connectivity index (χ3v) is 1.64. The summed E-state index contributed by atoms with van der Waals surface area (Å²) in [5, 5.41) is 6.32. The van der Waals surface area contributed by atoms with Crippen LogP contribution < -0.4 is 5.32 Å². The number of likely N-dealkylation sites (N-methyl/N-ethyl adjacent to an activating group) is 1. The van der Waals surface area contributed by atoms with Crippen LogP contribution in [0.25, 0.3) is 10.4 Å². The SMILES string of the molecule is CNCCOCCOCCOCCN=[N+]=[N-]. The summed E-state index contributed by atoms with van der Waals surface area (Å²) in [6.45, 7) is 4.56. The molecule has 0 rings (SSSR count). The van der Waals surface area contributed by atoms with Crippen LogP contribution in [-0.2, 0) is 14.2 Å². The lowest BCUT2D eigenvalue weighted by molar-refractivity contribution is 0.0168. The number of rotatable bonds is 12. The maximum absolute atomic E-state index is 7.99. The number of hydrogen-bond donors (Lipinski definition) is 1. The Morgan fingerprint density at radius 3 is 2.12 bits per heavy atom. The van der Waals surface area contributed by atoms with E-state index in [0.717, 1.165) is 6.54 Å². The number of nitrogens with zero attached hydrogens (tertiary/aromatic N) is 3. The van der Waals surface area contributed by atoms with Crippen LogP contribution in [0.2, 0.25) is 0 Å². The van der Waals surface area contributed by atoms with Crippen LogP contribution in [0.15, 0.2) is 5.11 Å². The molecule has 1 N–H and O–H groups in total. The summed E-state index contributed by atoms with van der Waals surface area (Å²) in [5.74, 6) is 0. The zero-order valence-corrected chi connectivity index (χ0v) is 9.72. The number of azide groups is 1. The van der Waals surface area contributed by atoms with Crippen molar-refractivity contribution in [3.05, 3.63) is 10.4 Å². The Morgan fingerprint density at radius 2 is 1.56 bits per heavy atom. The highest BCUT2D eigenvalue weighted by Gasteiger charge is 1.90. The Balaban J connectivity index is 2.90. The van der Waals surface area contributed by atoms with Crippen molar-refractivity contribution in [2.75, 3.05) is 59.8 Å². The van der Waals surface area contributed by atoms with Gasteiger partial charge >= 0.3 is 0 Å². The first kappa shape index (κ1) is 15.2. The third kappa shape index (κ3) is 13.2. The average Bonchev–Trinajstić information content (AvgIpc) is 2.31. The first-order valence-corrected chi connectivity index (χ1v) is 5.30. The van der Waals surface area contributed by atoms with E-state index in [4.69, 9.17) is 19.7 Å². The van der Waals surface area contributed by atoms with E-state index < -0.39 is 0 Å². The molecule has 0 aliphatic carbocycles. The van der Waals surface area contributed by atoms with Crippen molar-refractivity contribution >= 4 is 0 Å². The average molecular weight is 232 g/mol.